The van der Waals surface area contributed by atoms with E-state index in [2.05, 4.69) is 46.9 Å². The number of hydrogen-bond donors (Lipinski definition) is 1. The molecule has 2 rings (SSSR count). The summed E-state index contributed by atoms with van der Waals surface area (Å²) in [6.45, 7) is 0. The average molecular weight is 327 g/mol. The van der Waals surface area contributed by atoms with Gasteiger partial charge in [-0.2, -0.15) is 0 Å². The molecule has 0 aliphatic rings. The fourth-order valence-electron chi connectivity index (χ4n) is 1.17. The van der Waals surface area contributed by atoms with E-state index < -0.39 is 0 Å². The van der Waals surface area contributed by atoms with Crippen molar-refractivity contribution in [2.24, 2.45) is 0 Å². The van der Waals surface area contributed by atoms with Gasteiger partial charge in [0.05, 0.1) is 0 Å². The van der Waals surface area contributed by atoms with Gasteiger partial charge < -0.3 is 5.73 Å². The molecule has 2 aromatic carbocycles. The zero-order chi connectivity index (χ0) is 10.7. The van der Waals surface area contributed by atoms with Crippen LogP contribution in [-0.4, -0.2) is 0 Å². The van der Waals surface area contributed by atoms with E-state index in [0.29, 0.717) is 0 Å². The molecule has 3 heteroatoms. The highest BCUT2D eigenvalue weighted by atomic mass is 127. The molecule has 0 spiro atoms. The zero-order valence-electron chi connectivity index (χ0n) is 7.98. The molecule has 0 aliphatic heterocycles. The van der Waals surface area contributed by atoms with Crippen molar-refractivity contribution in [2.45, 2.75) is 9.79 Å². The summed E-state index contributed by atoms with van der Waals surface area (Å²) in [7, 11) is 0. The second-order valence-electron chi connectivity index (χ2n) is 3.13. The van der Waals surface area contributed by atoms with Crippen LogP contribution in [0.15, 0.2) is 58.3 Å². The summed E-state index contributed by atoms with van der Waals surface area (Å²) in [4.78, 5) is 2.46. The maximum absolute atomic E-state index is 5.63. The number of hydrogen-bond acceptors (Lipinski definition) is 2. The lowest BCUT2D eigenvalue weighted by Gasteiger charge is -2.02. The molecule has 2 aromatic rings. The monoisotopic (exact) mass is 327 g/mol. The number of nitrogens with two attached hydrogens (primary N) is 1. The third-order valence-corrected chi connectivity index (χ3v) is 3.66. The lowest BCUT2D eigenvalue weighted by molar-refractivity contribution is 1.40. The van der Waals surface area contributed by atoms with Gasteiger partial charge >= 0.3 is 0 Å². The van der Waals surface area contributed by atoms with Crippen molar-refractivity contribution < 1.29 is 0 Å². The van der Waals surface area contributed by atoms with Crippen LogP contribution in [0.5, 0.6) is 0 Å². The van der Waals surface area contributed by atoms with Crippen molar-refractivity contribution in [1.29, 1.82) is 0 Å². The van der Waals surface area contributed by atoms with Crippen LogP contribution >= 0.6 is 34.4 Å². The molecule has 0 amide bonds. The van der Waals surface area contributed by atoms with Crippen LogP contribution in [-0.2, 0) is 0 Å². The Morgan fingerprint density at radius 1 is 0.800 bits per heavy atom. The maximum atomic E-state index is 5.63. The van der Waals surface area contributed by atoms with Crippen molar-refractivity contribution in [2.75, 3.05) is 5.73 Å². The van der Waals surface area contributed by atoms with E-state index >= 15 is 0 Å². The first-order chi connectivity index (χ1) is 7.24. The summed E-state index contributed by atoms with van der Waals surface area (Å²) in [5.74, 6) is 0. The van der Waals surface area contributed by atoms with Gasteiger partial charge in [0.15, 0.2) is 0 Å². The van der Waals surface area contributed by atoms with E-state index in [0.717, 1.165) is 5.69 Å². The van der Waals surface area contributed by atoms with Crippen LogP contribution in [0.4, 0.5) is 5.69 Å². The first-order valence-electron chi connectivity index (χ1n) is 4.53. The summed E-state index contributed by atoms with van der Waals surface area (Å²) in [5.41, 5.74) is 6.44. The van der Waals surface area contributed by atoms with Crippen molar-refractivity contribution in [3.8, 4) is 0 Å². The van der Waals surface area contributed by atoms with Gasteiger partial charge in [0.1, 0.15) is 0 Å². The summed E-state index contributed by atoms with van der Waals surface area (Å²) in [6, 6.07) is 16.4. The molecule has 0 saturated carbocycles. The molecular formula is C12H10INS. The van der Waals surface area contributed by atoms with Crippen molar-refractivity contribution in [1.82, 2.24) is 0 Å². The predicted molar refractivity (Wildman–Crippen MR) is 74.1 cm³/mol. The highest BCUT2D eigenvalue weighted by molar-refractivity contribution is 14.1. The van der Waals surface area contributed by atoms with E-state index in [1.807, 2.05) is 24.3 Å². The molecule has 76 valence electrons. The van der Waals surface area contributed by atoms with Crippen LogP contribution in [0, 0.1) is 3.57 Å². The minimum absolute atomic E-state index is 0.807. The molecule has 2 N–H and O–H groups in total. The Labute approximate surface area is 107 Å². The highest BCUT2D eigenvalue weighted by Gasteiger charge is 1.96. The molecule has 0 radical (unpaired) electrons. The Kier molecular flexibility index (Phi) is 3.53. The first kappa shape index (κ1) is 10.8. The van der Waals surface area contributed by atoms with Gasteiger partial charge in [-0.15, -0.1) is 0 Å². The Bertz CT molecular complexity index is 393. The molecule has 0 aliphatic carbocycles. The van der Waals surface area contributed by atoms with Crippen molar-refractivity contribution >= 4 is 40.0 Å². The molecule has 0 unspecified atom stereocenters. The Balaban J connectivity index is 2.15. The minimum Gasteiger partial charge on any atom is -0.399 e. The summed E-state index contributed by atoms with van der Waals surface area (Å²) < 4.78 is 1.26. The average Bonchev–Trinajstić information content (AvgIpc) is 2.25. The van der Waals surface area contributed by atoms with Crippen molar-refractivity contribution in [3.05, 3.63) is 52.1 Å². The predicted octanol–water partition coefficient (Wildman–Crippen LogP) is 4.02. The minimum atomic E-state index is 0.807. The van der Waals surface area contributed by atoms with Gasteiger partial charge in [-0.3, -0.25) is 0 Å². The van der Waals surface area contributed by atoms with Gasteiger partial charge in [0.25, 0.3) is 0 Å². The number of benzene rings is 2. The highest BCUT2D eigenvalue weighted by Crippen LogP contribution is 2.28. The van der Waals surface area contributed by atoms with E-state index in [9.17, 15) is 0 Å². The second kappa shape index (κ2) is 4.90. The number of anilines is 1. The lowest BCUT2D eigenvalue weighted by atomic mass is 10.3. The number of rotatable bonds is 2. The lowest BCUT2D eigenvalue weighted by Crippen LogP contribution is -1.82. The zero-order valence-corrected chi connectivity index (χ0v) is 11.0. The van der Waals surface area contributed by atoms with Crippen LogP contribution in [0.1, 0.15) is 0 Å². The number of nitrogen functional groups attached to an aromatic ring is 1. The fraction of sp³-hybridized carbons (Fsp3) is 0. The summed E-state index contributed by atoms with van der Waals surface area (Å²) in [5, 5.41) is 0. The van der Waals surface area contributed by atoms with Crippen LogP contribution in [0.25, 0.3) is 0 Å². The molecule has 1 nitrogen and oxygen atoms in total. The molecular weight excluding hydrogens is 317 g/mol. The van der Waals surface area contributed by atoms with Crippen LogP contribution < -0.4 is 5.73 Å². The SMILES string of the molecule is Nc1ccc(Sc2ccc(I)cc2)cc1. The van der Waals surface area contributed by atoms with E-state index in [4.69, 9.17) is 5.73 Å². The van der Waals surface area contributed by atoms with Gasteiger partial charge in [-0.05, 0) is 71.1 Å². The molecule has 0 atom stereocenters. The molecule has 0 heterocycles. The van der Waals surface area contributed by atoms with E-state index in [1.165, 1.54) is 13.4 Å². The fourth-order valence-corrected chi connectivity index (χ4v) is 2.35. The van der Waals surface area contributed by atoms with Gasteiger partial charge in [-0.1, -0.05) is 11.8 Å². The normalized spacial score (nSPS) is 10.2. The third kappa shape index (κ3) is 3.14. The van der Waals surface area contributed by atoms with Gasteiger partial charge in [0.2, 0.25) is 0 Å². The second-order valence-corrected chi connectivity index (χ2v) is 5.52. The Morgan fingerprint density at radius 3 is 1.80 bits per heavy atom. The van der Waals surface area contributed by atoms with E-state index in [-0.39, 0.29) is 0 Å². The topological polar surface area (TPSA) is 26.0 Å². The summed E-state index contributed by atoms with van der Waals surface area (Å²) >= 11 is 4.05. The largest absolute Gasteiger partial charge is 0.399 e. The molecule has 0 bridgehead atoms. The van der Waals surface area contributed by atoms with Crippen LogP contribution in [0.2, 0.25) is 0 Å². The Hall–Kier alpha value is -0.680. The molecule has 15 heavy (non-hydrogen) atoms. The first-order valence-corrected chi connectivity index (χ1v) is 6.42. The summed E-state index contributed by atoms with van der Waals surface area (Å²) in [6.07, 6.45) is 0. The Morgan fingerprint density at radius 2 is 1.27 bits per heavy atom. The van der Waals surface area contributed by atoms with Crippen LogP contribution in [0.3, 0.4) is 0 Å². The molecule has 0 fully saturated rings. The third-order valence-electron chi connectivity index (χ3n) is 1.93. The molecule has 0 aromatic heterocycles. The quantitative estimate of drug-likeness (QED) is 0.666. The van der Waals surface area contributed by atoms with Crippen molar-refractivity contribution in [3.63, 3.8) is 0 Å². The molecule has 0 saturated heterocycles. The number of halogens is 1. The van der Waals surface area contributed by atoms with Gasteiger partial charge in [-0.25, -0.2) is 0 Å². The van der Waals surface area contributed by atoms with Gasteiger partial charge in [0, 0.05) is 19.0 Å². The smallest absolute Gasteiger partial charge is 0.0314 e. The standard InChI is InChI=1S/C12H10INS/c13-9-1-5-11(6-2-9)15-12-7-3-10(14)4-8-12/h1-8H,14H2. The van der Waals surface area contributed by atoms with E-state index in [1.54, 1.807) is 11.8 Å². The maximum Gasteiger partial charge on any atom is 0.0314 e.